The second kappa shape index (κ2) is 2.82. The van der Waals surface area contributed by atoms with Crippen molar-refractivity contribution in [2.45, 2.75) is 18.3 Å². The van der Waals surface area contributed by atoms with Gasteiger partial charge in [0.25, 0.3) is 0 Å². The summed E-state index contributed by atoms with van der Waals surface area (Å²) >= 11 is 0. The Balaban J connectivity index is 2.49. The smallest absolute Gasteiger partial charge is 0.140 e. The van der Waals surface area contributed by atoms with Gasteiger partial charge in [0, 0.05) is 0 Å². The van der Waals surface area contributed by atoms with E-state index < -0.39 is 11.2 Å². The summed E-state index contributed by atoms with van der Waals surface area (Å²) in [5.74, 6) is -0.523. The Labute approximate surface area is 81.2 Å². The van der Waals surface area contributed by atoms with Crippen LogP contribution in [0.15, 0.2) is 18.2 Å². The van der Waals surface area contributed by atoms with Crippen LogP contribution in [0.1, 0.15) is 24.0 Å². The van der Waals surface area contributed by atoms with Crippen molar-refractivity contribution in [3.63, 3.8) is 0 Å². The molecule has 0 unspecified atom stereocenters. The van der Waals surface area contributed by atoms with Gasteiger partial charge in [-0.2, -0.15) is 10.5 Å². The third-order valence-corrected chi connectivity index (χ3v) is 2.60. The van der Waals surface area contributed by atoms with Crippen LogP contribution in [0.5, 0.6) is 0 Å². The molecule has 1 aliphatic carbocycles. The molecule has 0 heterocycles. The lowest BCUT2D eigenvalue weighted by atomic mass is 9.96. The van der Waals surface area contributed by atoms with Crippen LogP contribution >= 0.6 is 0 Å². The van der Waals surface area contributed by atoms with E-state index in [9.17, 15) is 4.39 Å². The third kappa shape index (κ3) is 1.15. The molecule has 2 rings (SSSR count). The van der Waals surface area contributed by atoms with Gasteiger partial charge in [-0.05, 0) is 30.5 Å². The topological polar surface area (TPSA) is 47.6 Å². The molecule has 0 radical (unpaired) electrons. The molecule has 1 aliphatic rings. The Morgan fingerprint density at radius 3 is 2.50 bits per heavy atom. The van der Waals surface area contributed by atoms with Crippen molar-refractivity contribution < 1.29 is 4.39 Å². The van der Waals surface area contributed by atoms with Gasteiger partial charge < -0.3 is 0 Å². The van der Waals surface area contributed by atoms with E-state index in [4.69, 9.17) is 10.5 Å². The molecule has 0 amide bonds. The number of hydrogen-bond acceptors (Lipinski definition) is 2. The maximum Gasteiger partial charge on any atom is 0.140 e. The van der Waals surface area contributed by atoms with Gasteiger partial charge in [0.15, 0.2) is 0 Å². The van der Waals surface area contributed by atoms with Crippen LogP contribution in [0.25, 0.3) is 0 Å². The fraction of sp³-hybridized carbons (Fsp3) is 0.273. The van der Waals surface area contributed by atoms with Crippen molar-refractivity contribution in [2.75, 3.05) is 0 Å². The van der Waals surface area contributed by atoms with E-state index in [0.717, 1.165) is 18.4 Å². The fourth-order valence-electron chi connectivity index (χ4n) is 1.50. The highest BCUT2D eigenvalue weighted by molar-refractivity contribution is 5.44. The minimum absolute atomic E-state index is 0.0176. The zero-order chi connectivity index (χ0) is 10.2. The lowest BCUT2D eigenvalue weighted by Gasteiger charge is -2.05. The van der Waals surface area contributed by atoms with E-state index in [1.807, 2.05) is 0 Å². The maximum absolute atomic E-state index is 13.0. The molecule has 68 valence electrons. The molecular weight excluding hydrogens is 179 g/mol. The summed E-state index contributed by atoms with van der Waals surface area (Å²) in [6.07, 6.45) is 1.61. The van der Waals surface area contributed by atoms with Crippen LogP contribution in [0, 0.1) is 28.5 Å². The molecule has 0 spiro atoms. The summed E-state index contributed by atoms with van der Waals surface area (Å²) in [6.45, 7) is 0. The summed E-state index contributed by atoms with van der Waals surface area (Å²) in [5.41, 5.74) is 0.334. The molecule has 0 atom stereocenters. The molecule has 3 heteroatoms. The molecular formula is C11H7FN2. The first-order valence-electron chi connectivity index (χ1n) is 4.33. The summed E-state index contributed by atoms with van der Waals surface area (Å²) in [5, 5.41) is 17.5. The molecule has 1 aromatic rings. The van der Waals surface area contributed by atoms with Crippen LogP contribution in [-0.2, 0) is 5.41 Å². The Bertz CT molecular complexity index is 461. The van der Waals surface area contributed by atoms with Gasteiger partial charge in [0.05, 0.1) is 17.0 Å². The van der Waals surface area contributed by atoms with E-state index in [-0.39, 0.29) is 5.56 Å². The summed E-state index contributed by atoms with van der Waals surface area (Å²) in [7, 11) is 0. The molecule has 1 aromatic carbocycles. The SMILES string of the molecule is N#Cc1cc(C2(C#N)CC2)ccc1F. The molecule has 14 heavy (non-hydrogen) atoms. The first-order valence-corrected chi connectivity index (χ1v) is 4.33. The third-order valence-electron chi connectivity index (χ3n) is 2.60. The number of nitrogens with zero attached hydrogens (tertiary/aromatic N) is 2. The van der Waals surface area contributed by atoms with E-state index in [2.05, 4.69) is 6.07 Å². The zero-order valence-electron chi connectivity index (χ0n) is 7.42. The first kappa shape index (κ1) is 8.72. The standard InChI is InChI=1S/C11H7FN2/c12-10-2-1-9(5-8(10)6-13)11(7-14)3-4-11/h1-2,5H,3-4H2. The Kier molecular flexibility index (Phi) is 1.75. The number of benzene rings is 1. The quantitative estimate of drug-likeness (QED) is 0.675. The minimum atomic E-state index is -0.523. The van der Waals surface area contributed by atoms with Gasteiger partial charge >= 0.3 is 0 Å². The predicted octanol–water partition coefficient (Wildman–Crippen LogP) is 2.25. The molecule has 0 saturated heterocycles. The molecule has 2 nitrogen and oxygen atoms in total. The molecule has 0 aromatic heterocycles. The van der Waals surface area contributed by atoms with Crippen molar-refractivity contribution in [1.29, 1.82) is 10.5 Å². The van der Waals surface area contributed by atoms with Gasteiger partial charge in [-0.15, -0.1) is 0 Å². The molecule has 1 saturated carbocycles. The van der Waals surface area contributed by atoms with Crippen LogP contribution in [-0.4, -0.2) is 0 Å². The largest absolute Gasteiger partial charge is 0.206 e. The Morgan fingerprint density at radius 1 is 1.29 bits per heavy atom. The average molecular weight is 186 g/mol. The van der Waals surface area contributed by atoms with Crippen LogP contribution in [0.4, 0.5) is 4.39 Å². The molecule has 1 fully saturated rings. The van der Waals surface area contributed by atoms with Gasteiger partial charge in [0.1, 0.15) is 11.9 Å². The molecule has 0 aliphatic heterocycles. The van der Waals surface area contributed by atoms with Gasteiger partial charge in [0.2, 0.25) is 0 Å². The zero-order valence-corrected chi connectivity index (χ0v) is 7.42. The van der Waals surface area contributed by atoms with Crippen LogP contribution in [0.2, 0.25) is 0 Å². The summed E-state index contributed by atoms with van der Waals surface area (Å²) in [4.78, 5) is 0. The van der Waals surface area contributed by atoms with Crippen LogP contribution < -0.4 is 0 Å². The highest BCUT2D eigenvalue weighted by Crippen LogP contribution is 2.47. The highest BCUT2D eigenvalue weighted by Gasteiger charge is 2.45. The number of hydrogen-bond donors (Lipinski definition) is 0. The average Bonchev–Trinajstić information content (AvgIpc) is 2.99. The minimum Gasteiger partial charge on any atom is -0.206 e. The van der Waals surface area contributed by atoms with Crippen molar-refractivity contribution in [3.8, 4) is 12.1 Å². The normalized spacial score (nSPS) is 16.8. The van der Waals surface area contributed by atoms with E-state index >= 15 is 0 Å². The van der Waals surface area contributed by atoms with E-state index in [1.54, 1.807) is 12.1 Å². The fourth-order valence-corrected chi connectivity index (χ4v) is 1.50. The van der Waals surface area contributed by atoms with E-state index in [1.165, 1.54) is 12.1 Å². The highest BCUT2D eigenvalue weighted by atomic mass is 19.1. The molecule has 0 N–H and O–H groups in total. The lowest BCUT2D eigenvalue weighted by molar-refractivity contribution is 0.622. The monoisotopic (exact) mass is 186 g/mol. The number of halogens is 1. The van der Waals surface area contributed by atoms with Crippen molar-refractivity contribution in [3.05, 3.63) is 35.1 Å². The first-order chi connectivity index (χ1) is 6.72. The van der Waals surface area contributed by atoms with Gasteiger partial charge in [-0.25, -0.2) is 4.39 Å². The molecule has 0 bridgehead atoms. The van der Waals surface area contributed by atoms with Gasteiger partial charge in [-0.1, -0.05) is 6.07 Å². The van der Waals surface area contributed by atoms with E-state index in [0.29, 0.717) is 0 Å². The van der Waals surface area contributed by atoms with Crippen molar-refractivity contribution in [2.24, 2.45) is 0 Å². The van der Waals surface area contributed by atoms with Crippen molar-refractivity contribution in [1.82, 2.24) is 0 Å². The second-order valence-corrected chi connectivity index (χ2v) is 3.50. The van der Waals surface area contributed by atoms with Gasteiger partial charge in [-0.3, -0.25) is 0 Å². The van der Waals surface area contributed by atoms with Crippen molar-refractivity contribution >= 4 is 0 Å². The van der Waals surface area contributed by atoms with Crippen LogP contribution in [0.3, 0.4) is 0 Å². The lowest BCUT2D eigenvalue weighted by Crippen LogP contribution is -2.03. The predicted molar refractivity (Wildman–Crippen MR) is 47.6 cm³/mol. The second-order valence-electron chi connectivity index (χ2n) is 3.50. The number of rotatable bonds is 1. The Morgan fingerprint density at radius 2 is 2.00 bits per heavy atom. The maximum atomic E-state index is 13.0. The Hall–Kier alpha value is -1.87. The summed E-state index contributed by atoms with van der Waals surface area (Å²) in [6, 6.07) is 8.31. The number of nitriles is 2. The summed E-state index contributed by atoms with van der Waals surface area (Å²) < 4.78 is 13.0.